The molecule has 2 atom stereocenters. The summed E-state index contributed by atoms with van der Waals surface area (Å²) >= 11 is 0. The van der Waals surface area contributed by atoms with Crippen LogP contribution in [-0.4, -0.2) is 25.8 Å². The highest BCUT2D eigenvalue weighted by molar-refractivity contribution is 4.70. The minimum atomic E-state index is 0.516. The summed E-state index contributed by atoms with van der Waals surface area (Å²) in [4.78, 5) is 0. The van der Waals surface area contributed by atoms with Crippen molar-refractivity contribution in [2.24, 2.45) is 5.92 Å². The zero-order chi connectivity index (χ0) is 11.0. The van der Waals surface area contributed by atoms with Gasteiger partial charge < -0.3 is 10.1 Å². The highest BCUT2D eigenvalue weighted by Gasteiger charge is 2.09. The zero-order valence-corrected chi connectivity index (χ0v) is 10.5. The fourth-order valence-electron chi connectivity index (χ4n) is 1.55. The Bertz CT molecular complexity index is 125. The van der Waals surface area contributed by atoms with Gasteiger partial charge in [-0.15, -0.1) is 0 Å². The summed E-state index contributed by atoms with van der Waals surface area (Å²) in [6, 6.07) is 1.12. The molecule has 0 aromatic carbocycles. The van der Waals surface area contributed by atoms with Crippen molar-refractivity contribution in [3.05, 3.63) is 0 Å². The molecule has 0 amide bonds. The van der Waals surface area contributed by atoms with E-state index in [9.17, 15) is 0 Å². The lowest BCUT2D eigenvalue weighted by Gasteiger charge is -2.22. The summed E-state index contributed by atoms with van der Waals surface area (Å²) in [5.41, 5.74) is 0. The minimum Gasteiger partial charge on any atom is -0.383 e. The standard InChI is InChI=1S/C12H27NO/c1-6-12(9-14-5)13-11(4)8-7-10(2)3/h10-13H,6-9H2,1-5H3. The second-order valence-corrected chi connectivity index (χ2v) is 4.60. The van der Waals surface area contributed by atoms with E-state index in [-0.39, 0.29) is 0 Å². The Morgan fingerprint density at radius 2 is 1.79 bits per heavy atom. The first-order valence-corrected chi connectivity index (χ1v) is 5.85. The molecule has 0 aliphatic carbocycles. The van der Waals surface area contributed by atoms with Gasteiger partial charge in [0.25, 0.3) is 0 Å². The Hall–Kier alpha value is -0.0800. The van der Waals surface area contributed by atoms with Crippen LogP contribution in [0, 0.1) is 5.92 Å². The van der Waals surface area contributed by atoms with Crippen molar-refractivity contribution in [3.8, 4) is 0 Å². The van der Waals surface area contributed by atoms with Gasteiger partial charge >= 0.3 is 0 Å². The Morgan fingerprint density at radius 1 is 1.14 bits per heavy atom. The zero-order valence-electron chi connectivity index (χ0n) is 10.5. The number of rotatable bonds is 8. The van der Waals surface area contributed by atoms with Crippen LogP contribution < -0.4 is 5.32 Å². The lowest BCUT2D eigenvalue weighted by Crippen LogP contribution is -2.39. The third kappa shape index (κ3) is 7.34. The molecule has 0 spiro atoms. The topological polar surface area (TPSA) is 21.3 Å². The van der Waals surface area contributed by atoms with Crippen LogP contribution in [0.25, 0.3) is 0 Å². The van der Waals surface area contributed by atoms with Gasteiger partial charge in [0.05, 0.1) is 6.61 Å². The monoisotopic (exact) mass is 201 g/mol. The number of ether oxygens (including phenoxy) is 1. The van der Waals surface area contributed by atoms with Gasteiger partial charge in [-0.2, -0.15) is 0 Å². The Kier molecular flexibility index (Phi) is 8.20. The first-order valence-electron chi connectivity index (χ1n) is 5.85. The Balaban J connectivity index is 3.61. The maximum atomic E-state index is 5.16. The SMILES string of the molecule is CCC(COC)NC(C)CCC(C)C. The third-order valence-corrected chi connectivity index (χ3v) is 2.56. The van der Waals surface area contributed by atoms with Gasteiger partial charge in [0.1, 0.15) is 0 Å². The van der Waals surface area contributed by atoms with Crippen molar-refractivity contribution in [1.82, 2.24) is 5.32 Å². The molecule has 0 saturated carbocycles. The van der Waals surface area contributed by atoms with E-state index in [1.165, 1.54) is 12.8 Å². The van der Waals surface area contributed by atoms with Crippen molar-refractivity contribution < 1.29 is 4.74 Å². The Morgan fingerprint density at radius 3 is 2.21 bits per heavy atom. The van der Waals surface area contributed by atoms with Gasteiger partial charge in [0.2, 0.25) is 0 Å². The highest BCUT2D eigenvalue weighted by Crippen LogP contribution is 2.07. The molecule has 0 aromatic rings. The van der Waals surface area contributed by atoms with Gasteiger partial charge in [0.15, 0.2) is 0 Å². The molecule has 2 heteroatoms. The molecule has 0 radical (unpaired) electrons. The molecule has 0 aliphatic rings. The van der Waals surface area contributed by atoms with Crippen molar-refractivity contribution in [2.45, 2.75) is 59.0 Å². The van der Waals surface area contributed by atoms with Gasteiger partial charge in [-0.05, 0) is 32.1 Å². The average Bonchev–Trinajstić information content (AvgIpc) is 2.14. The molecular weight excluding hydrogens is 174 g/mol. The normalized spacial score (nSPS) is 15.9. The number of nitrogens with one attached hydrogen (secondary N) is 1. The van der Waals surface area contributed by atoms with Crippen molar-refractivity contribution >= 4 is 0 Å². The molecule has 0 aromatic heterocycles. The summed E-state index contributed by atoms with van der Waals surface area (Å²) < 4.78 is 5.16. The van der Waals surface area contributed by atoms with E-state index in [0.29, 0.717) is 12.1 Å². The van der Waals surface area contributed by atoms with Crippen LogP contribution in [0.5, 0.6) is 0 Å². The second-order valence-electron chi connectivity index (χ2n) is 4.60. The van der Waals surface area contributed by atoms with Gasteiger partial charge in [-0.25, -0.2) is 0 Å². The molecule has 0 aliphatic heterocycles. The molecule has 0 fully saturated rings. The van der Waals surface area contributed by atoms with E-state index < -0.39 is 0 Å². The Labute approximate surface area is 89.4 Å². The van der Waals surface area contributed by atoms with Gasteiger partial charge in [-0.3, -0.25) is 0 Å². The maximum absolute atomic E-state index is 5.16. The number of hydrogen-bond acceptors (Lipinski definition) is 2. The van der Waals surface area contributed by atoms with Crippen LogP contribution in [0.15, 0.2) is 0 Å². The van der Waals surface area contributed by atoms with E-state index in [0.717, 1.165) is 18.9 Å². The smallest absolute Gasteiger partial charge is 0.0615 e. The van der Waals surface area contributed by atoms with Crippen LogP contribution in [0.3, 0.4) is 0 Å². The van der Waals surface area contributed by atoms with Crippen molar-refractivity contribution in [2.75, 3.05) is 13.7 Å². The number of methoxy groups -OCH3 is 1. The molecule has 2 unspecified atom stereocenters. The average molecular weight is 201 g/mol. The molecule has 1 N–H and O–H groups in total. The lowest BCUT2D eigenvalue weighted by atomic mass is 10.0. The predicted octanol–water partition coefficient (Wildman–Crippen LogP) is 2.83. The quantitative estimate of drug-likeness (QED) is 0.652. The van der Waals surface area contributed by atoms with Gasteiger partial charge in [0, 0.05) is 19.2 Å². The van der Waals surface area contributed by atoms with E-state index in [1.54, 1.807) is 7.11 Å². The predicted molar refractivity (Wildman–Crippen MR) is 62.6 cm³/mol. The van der Waals surface area contributed by atoms with Crippen LogP contribution in [0.4, 0.5) is 0 Å². The van der Waals surface area contributed by atoms with E-state index in [2.05, 4.69) is 33.0 Å². The minimum absolute atomic E-state index is 0.516. The van der Waals surface area contributed by atoms with Crippen LogP contribution in [0.2, 0.25) is 0 Å². The maximum Gasteiger partial charge on any atom is 0.0615 e. The first kappa shape index (κ1) is 13.9. The van der Waals surface area contributed by atoms with E-state index >= 15 is 0 Å². The highest BCUT2D eigenvalue weighted by atomic mass is 16.5. The van der Waals surface area contributed by atoms with E-state index in [4.69, 9.17) is 4.74 Å². The summed E-state index contributed by atoms with van der Waals surface area (Å²) in [7, 11) is 1.77. The molecule has 0 heterocycles. The third-order valence-electron chi connectivity index (χ3n) is 2.56. The first-order chi connectivity index (χ1) is 6.60. The van der Waals surface area contributed by atoms with Crippen molar-refractivity contribution in [3.63, 3.8) is 0 Å². The molecule has 86 valence electrons. The summed E-state index contributed by atoms with van der Waals surface area (Å²) in [5.74, 6) is 0.807. The molecule has 14 heavy (non-hydrogen) atoms. The van der Waals surface area contributed by atoms with E-state index in [1.807, 2.05) is 0 Å². The van der Waals surface area contributed by atoms with Crippen LogP contribution in [-0.2, 0) is 4.74 Å². The summed E-state index contributed by atoms with van der Waals surface area (Å²) in [6.45, 7) is 9.84. The van der Waals surface area contributed by atoms with Crippen LogP contribution in [0.1, 0.15) is 47.0 Å². The van der Waals surface area contributed by atoms with Crippen molar-refractivity contribution in [1.29, 1.82) is 0 Å². The largest absolute Gasteiger partial charge is 0.383 e. The fourth-order valence-corrected chi connectivity index (χ4v) is 1.55. The van der Waals surface area contributed by atoms with Gasteiger partial charge in [-0.1, -0.05) is 20.8 Å². The lowest BCUT2D eigenvalue weighted by molar-refractivity contribution is 0.158. The molecule has 0 rings (SSSR count). The molecule has 2 nitrogen and oxygen atoms in total. The fraction of sp³-hybridized carbons (Fsp3) is 1.00. The second kappa shape index (κ2) is 8.25. The van der Waals surface area contributed by atoms with Crippen LogP contribution >= 0.6 is 0 Å². The molecule has 0 saturated heterocycles. The summed E-state index contributed by atoms with van der Waals surface area (Å²) in [6.07, 6.45) is 3.70. The summed E-state index contributed by atoms with van der Waals surface area (Å²) in [5, 5.41) is 3.60. The molecular formula is C12H27NO. The number of hydrogen-bond donors (Lipinski definition) is 1. The molecule has 0 bridgehead atoms.